The van der Waals surface area contributed by atoms with Crippen molar-refractivity contribution in [3.8, 4) is 5.75 Å². The number of hydrogen-bond donors (Lipinski definition) is 2. The molecule has 1 rings (SSSR count). The number of aromatic carboxylic acids is 2. The fraction of sp³-hybridized carbons (Fsp3) is 0.333. The van der Waals surface area contributed by atoms with Crippen molar-refractivity contribution < 1.29 is 28.3 Å². The van der Waals surface area contributed by atoms with Crippen LogP contribution in [0.1, 0.15) is 20.7 Å². The van der Waals surface area contributed by atoms with Crippen LogP contribution >= 0.6 is 0 Å². The Morgan fingerprint density at radius 1 is 1.10 bits per heavy atom. The van der Waals surface area contributed by atoms with Gasteiger partial charge in [0.15, 0.2) is 9.04 Å². The first-order valence-electron chi connectivity index (χ1n) is 5.91. The highest BCUT2D eigenvalue weighted by molar-refractivity contribution is 6.73. The normalized spacial score (nSPS) is 11.4. The first-order chi connectivity index (χ1) is 9.12. The maximum Gasteiger partial charge on any atom is 0.382 e. The molecule has 0 saturated heterocycles. The minimum Gasteiger partial charge on any atom is -0.521 e. The molecule has 0 heterocycles. The third-order valence-electron chi connectivity index (χ3n) is 2.27. The van der Waals surface area contributed by atoms with E-state index < -0.39 is 29.5 Å². The maximum absolute atomic E-state index is 11.1. The Hall–Kier alpha value is -1.65. The van der Waals surface area contributed by atoms with Crippen LogP contribution in [-0.2, 0) is 4.12 Å². The molecule has 0 aromatic heterocycles. The predicted molar refractivity (Wildman–Crippen MR) is 77.0 cm³/mol. The van der Waals surface area contributed by atoms with E-state index in [1.54, 1.807) is 0 Å². The smallest absolute Gasteiger partial charge is 0.382 e. The maximum atomic E-state index is 11.1. The molecule has 0 fully saturated rings. The molecule has 0 unspecified atom stereocenters. The molecule has 0 spiro atoms. The average molecular weight is 313 g/mol. The van der Waals surface area contributed by atoms with E-state index in [4.69, 9.17) is 18.8 Å². The number of carboxylic acids is 2. The van der Waals surface area contributed by atoms with Gasteiger partial charge < -0.3 is 18.8 Å². The van der Waals surface area contributed by atoms with Crippen LogP contribution in [0.3, 0.4) is 0 Å². The second kappa shape index (κ2) is 6.20. The molecule has 1 radical (unpaired) electrons. The third kappa shape index (κ3) is 4.47. The van der Waals surface area contributed by atoms with Gasteiger partial charge in [0.25, 0.3) is 0 Å². The van der Waals surface area contributed by atoms with Gasteiger partial charge in [-0.25, -0.2) is 9.59 Å². The van der Waals surface area contributed by atoms with Crippen molar-refractivity contribution in [2.45, 2.75) is 26.2 Å². The summed E-state index contributed by atoms with van der Waals surface area (Å²) in [6, 6.07) is 3.91. The van der Waals surface area contributed by atoms with Crippen molar-refractivity contribution in [2.24, 2.45) is 0 Å². The summed E-state index contributed by atoms with van der Waals surface area (Å²) >= 11 is 0. The fourth-order valence-electron chi connectivity index (χ4n) is 1.75. The van der Waals surface area contributed by atoms with Crippen molar-refractivity contribution in [3.63, 3.8) is 0 Å². The first kappa shape index (κ1) is 16.4. The molecule has 0 saturated carbocycles. The Morgan fingerprint density at radius 2 is 1.65 bits per heavy atom. The van der Waals surface area contributed by atoms with Crippen LogP contribution in [0.4, 0.5) is 0 Å². The van der Waals surface area contributed by atoms with Gasteiger partial charge in [-0.15, -0.1) is 0 Å². The molecular weight excluding hydrogens is 296 g/mol. The van der Waals surface area contributed by atoms with Crippen LogP contribution < -0.4 is 4.43 Å². The lowest BCUT2D eigenvalue weighted by atomic mass is 10.1. The van der Waals surface area contributed by atoms with Crippen LogP contribution in [0.5, 0.6) is 5.75 Å². The van der Waals surface area contributed by atoms with Gasteiger partial charge >= 0.3 is 20.5 Å². The van der Waals surface area contributed by atoms with Crippen molar-refractivity contribution in [3.05, 3.63) is 29.3 Å². The van der Waals surface area contributed by atoms with Gasteiger partial charge in [-0.05, 0) is 44.4 Å². The van der Waals surface area contributed by atoms with Gasteiger partial charge in [0.05, 0.1) is 11.1 Å². The Balaban J connectivity index is 3.07. The summed E-state index contributed by atoms with van der Waals surface area (Å²) in [6.45, 7) is 7.68. The molecule has 20 heavy (non-hydrogen) atoms. The topological polar surface area (TPSA) is 93.1 Å². The number of carbonyl (C=O) groups is 2. The summed E-state index contributed by atoms with van der Waals surface area (Å²) in [5.74, 6) is -2.27. The number of hydrogen-bond acceptors (Lipinski definition) is 4. The van der Waals surface area contributed by atoms with Crippen LogP contribution in [-0.4, -0.2) is 39.8 Å². The third-order valence-corrected chi connectivity index (χ3v) is 6.59. The van der Waals surface area contributed by atoms with Crippen LogP contribution in [0, 0.1) is 0 Å². The SMILES string of the molecule is C[Si](C)O[Si](C)(C)Oc1ccc(C(=O)O)c(C(=O)O)c1. The summed E-state index contributed by atoms with van der Waals surface area (Å²) in [6.07, 6.45) is 0. The minimum atomic E-state index is -2.40. The average Bonchev–Trinajstić information content (AvgIpc) is 2.25. The van der Waals surface area contributed by atoms with Crippen molar-refractivity contribution in [2.75, 3.05) is 0 Å². The second-order valence-corrected chi connectivity index (χ2v) is 10.5. The number of carboxylic acid groups (broad SMARTS) is 2. The summed E-state index contributed by atoms with van der Waals surface area (Å²) in [5, 5.41) is 18.0. The predicted octanol–water partition coefficient (Wildman–Crippen LogP) is 2.43. The molecule has 0 atom stereocenters. The summed E-state index contributed by atoms with van der Waals surface area (Å²) in [4.78, 5) is 22.0. The van der Waals surface area contributed by atoms with Gasteiger partial charge in [-0.1, -0.05) is 0 Å². The molecule has 109 valence electrons. The minimum absolute atomic E-state index is 0.263. The summed E-state index contributed by atoms with van der Waals surface area (Å²) in [5.41, 5.74) is -0.556. The molecule has 2 N–H and O–H groups in total. The molecule has 1 aromatic rings. The van der Waals surface area contributed by atoms with E-state index in [0.717, 1.165) is 0 Å². The van der Waals surface area contributed by atoms with Crippen LogP contribution in [0.25, 0.3) is 0 Å². The van der Waals surface area contributed by atoms with Gasteiger partial charge in [-0.3, -0.25) is 0 Å². The molecule has 0 aliphatic heterocycles. The zero-order valence-electron chi connectivity index (χ0n) is 11.8. The van der Waals surface area contributed by atoms with E-state index in [0.29, 0.717) is 5.75 Å². The standard InChI is InChI=1S/C12H17O6Si2/c1-19(2)18-20(3,4)17-8-5-6-9(11(13)14)10(7-8)12(15)16/h5-7H,1-4H3,(H,13,14)(H,15,16). The van der Waals surface area contributed by atoms with Crippen LogP contribution in [0.15, 0.2) is 18.2 Å². The molecule has 0 amide bonds. The highest BCUT2D eigenvalue weighted by atomic mass is 28.4. The van der Waals surface area contributed by atoms with Crippen molar-refractivity contribution in [1.82, 2.24) is 0 Å². The van der Waals surface area contributed by atoms with E-state index in [1.807, 2.05) is 26.2 Å². The Kier molecular flexibility index (Phi) is 5.09. The lowest BCUT2D eigenvalue weighted by Gasteiger charge is -2.26. The van der Waals surface area contributed by atoms with E-state index in [2.05, 4.69) is 0 Å². The quantitative estimate of drug-likeness (QED) is 0.784. The van der Waals surface area contributed by atoms with Crippen LogP contribution in [0.2, 0.25) is 26.2 Å². The summed E-state index contributed by atoms with van der Waals surface area (Å²) in [7, 11) is -3.34. The van der Waals surface area contributed by atoms with Crippen molar-refractivity contribution >= 4 is 29.5 Å². The second-order valence-electron chi connectivity index (χ2n) is 4.83. The van der Waals surface area contributed by atoms with Gasteiger partial charge in [0.1, 0.15) is 5.75 Å². The van der Waals surface area contributed by atoms with E-state index >= 15 is 0 Å². The molecule has 0 bridgehead atoms. The number of rotatable bonds is 6. The monoisotopic (exact) mass is 313 g/mol. The van der Waals surface area contributed by atoms with E-state index in [-0.39, 0.29) is 11.1 Å². The fourth-order valence-corrected chi connectivity index (χ4v) is 6.54. The van der Waals surface area contributed by atoms with E-state index in [9.17, 15) is 9.59 Å². The number of benzene rings is 1. The Labute approximate surface area is 119 Å². The lowest BCUT2D eigenvalue weighted by Crippen LogP contribution is -2.42. The molecule has 0 aliphatic rings. The highest BCUT2D eigenvalue weighted by Gasteiger charge is 2.29. The zero-order valence-corrected chi connectivity index (χ0v) is 13.8. The molecule has 1 aromatic carbocycles. The van der Waals surface area contributed by atoms with Gasteiger partial charge in [0, 0.05) is 0 Å². The highest BCUT2D eigenvalue weighted by Crippen LogP contribution is 2.22. The van der Waals surface area contributed by atoms with Gasteiger partial charge in [-0.2, -0.15) is 0 Å². The Morgan fingerprint density at radius 3 is 2.10 bits per heavy atom. The summed E-state index contributed by atoms with van der Waals surface area (Å²) < 4.78 is 11.5. The largest absolute Gasteiger partial charge is 0.521 e. The molecular formula is C12H17O6Si2. The van der Waals surface area contributed by atoms with E-state index in [1.165, 1.54) is 18.2 Å². The Bertz CT molecular complexity index is 527. The van der Waals surface area contributed by atoms with Crippen molar-refractivity contribution in [1.29, 1.82) is 0 Å². The molecule has 0 aliphatic carbocycles. The molecule has 8 heteroatoms. The molecule has 6 nitrogen and oxygen atoms in total. The lowest BCUT2D eigenvalue weighted by molar-refractivity contribution is 0.0651. The van der Waals surface area contributed by atoms with Gasteiger partial charge in [0.2, 0.25) is 0 Å². The zero-order chi connectivity index (χ0) is 15.5. The first-order valence-corrected chi connectivity index (χ1v) is 11.1.